The Kier molecular flexibility index (Phi) is 3.99. The van der Waals surface area contributed by atoms with Crippen LogP contribution in [0.1, 0.15) is 13.8 Å². The Morgan fingerprint density at radius 2 is 2.25 bits per heavy atom. The van der Waals surface area contributed by atoms with E-state index in [1.54, 1.807) is 17.8 Å². The Bertz CT molecular complexity index is 659. The molecule has 0 saturated carbocycles. The largest absolute Gasteiger partial charge is 0.359 e. The van der Waals surface area contributed by atoms with Crippen molar-refractivity contribution >= 4 is 18.1 Å². The molecule has 0 aliphatic heterocycles. The van der Waals surface area contributed by atoms with E-state index >= 15 is 0 Å². The lowest BCUT2D eigenvalue weighted by atomic mass is 9.92. The van der Waals surface area contributed by atoms with Gasteiger partial charge in [-0.2, -0.15) is 5.10 Å². The Morgan fingerprint density at radius 3 is 2.85 bits per heavy atom. The van der Waals surface area contributed by atoms with Crippen LogP contribution in [0.15, 0.2) is 24.4 Å². The van der Waals surface area contributed by atoms with Gasteiger partial charge in [-0.1, -0.05) is 6.07 Å². The fraction of sp³-hybridized carbons (Fsp3) is 0.385. The average molecular weight is 291 g/mol. The standard InChI is InChI=1S/C13H17N5OS/c1-13(2,11(19)14-3)8-18-10(16-17-12(18)20)9-6-4-5-7-15-9/h4-7H,8H2,1-3H3,(H,14,19)(H,17,20). The number of hydrogen-bond acceptors (Lipinski definition) is 4. The first kappa shape index (κ1) is 14.4. The van der Waals surface area contributed by atoms with E-state index in [2.05, 4.69) is 20.5 Å². The monoisotopic (exact) mass is 291 g/mol. The van der Waals surface area contributed by atoms with Crippen LogP contribution in [-0.4, -0.2) is 32.7 Å². The van der Waals surface area contributed by atoms with Crippen molar-refractivity contribution in [2.24, 2.45) is 5.41 Å². The molecular formula is C13H17N5OS. The highest BCUT2D eigenvalue weighted by molar-refractivity contribution is 7.71. The number of hydrogen-bond donors (Lipinski definition) is 2. The molecule has 0 spiro atoms. The van der Waals surface area contributed by atoms with Gasteiger partial charge in [-0.15, -0.1) is 0 Å². The number of rotatable bonds is 4. The molecular weight excluding hydrogens is 274 g/mol. The van der Waals surface area contributed by atoms with Gasteiger partial charge >= 0.3 is 0 Å². The summed E-state index contributed by atoms with van der Waals surface area (Å²) in [7, 11) is 1.62. The molecule has 0 atom stereocenters. The van der Waals surface area contributed by atoms with E-state index in [4.69, 9.17) is 12.2 Å². The molecule has 0 aliphatic carbocycles. The molecule has 2 aromatic heterocycles. The van der Waals surface area contributed by atoms with E-state index in [1.165, 1.54) is 0 Å². The number of carbonyl (C=O) groups excluding carboxylic acids is 1. The molecule has 0 saturated heterocycles. The summed E-state index contributed by atoms with van der Waals surface area (Å²) in [6, 6.07) is 5.58. The minimum Gasteiger partial charge on any atom is -0.359 e. The van der Waals surface area contributed by atoms with E-state index in [9.17, 15) is 4.79 Å². The second kappa shape index (κ2) is 5.54. The van der Waals surface area contributed by atoms with Crippen LogP contribution in [0.25, 0.3) is 11.5 Å². The predicted molar refractivity (Wildman–Crippen MR) is 78.5 cm³/mol. The van der Waals surface area contributed by atoms with Crippen LogP contribution in [0.4, 0.5) is 0 Å². The maximum atomic E-state index is 11.9. The second-order valence-corrected chi connectivity index (χ2v) is 5.50. The lowest BCUT2D eigenvalue weighted by Crippen LogP contribution is -2.38. The Hall–Kier alpha value is -2.02. The zero-order chi connectivity index (χ0) is 14.8. The number of pyridine rings is 1. The summed E-state index contributed by atoms with van der Waals surface area (Å²) in [6.07, 6.45) is 1.70. The molecule has 2 heterocycles. The number of H-pyrrole nitrogens is 1. The zero-order valence-corrected chi connectivity index (χ0v) is 12.5. The van der Waals surface area contributed by atoms with Crippen molar-refractivity contribution in [3.8, 4) is 11.5 Å². The van der Waals surface area contributed by atoms with Gasteiger partial charge in [0.15, 0.2) is 10.6 Å². The van der Waals surface area contributed by atoms with Gasteiger partial charge < -0.3 is 5.32 Å². The SMILES string of the molecule is CNC(=O)C(C)(C)Cn1c(-c2ccccn2)n[nH]c1=S. The summed E-state index contributed by atoms with van der Waals surface area (Å²) < 4.78 is 2.27. The summed E-state index contributed by atoms with van der Waals surface area (Å²) in [4.78, 5) is 16.2. The van der Waals surface area contributed by atoms with Crippen molar-refractivity contribution in [3.63, 3.8) is 0 Å². The van der Waals surface area contributed by atoms with Crippen LogP contribution in [0.2, 0.25) is 0 Å². The minimum atomic E-state index is -0.597. The van der Waals surface area contributed by atoms with E-state index in [-0.39, 0.29) is 5.91 Å². The quantitative estimate of drug-likeness (QED) is 0.842. The van der Waals surface area contributed by atoms with Gasteiger partial charge in [0.2, 0.25) is 5.91 Å². The number of nitrogens with zero attached hydrogens (tertiary/aromatic N) is 3. The highest BCUT2D eigenvalue weighted by atomic mass is 32.1. The van der Waals surface area contributed by atoms with Crippen molar-refractivity contribution in [2.75, 3.05) is 7.05 Å². The van der Waals surface area contributed by atoms with Gasteiger partial charge in [0, 0.05) is 19.8 Å². The molecule has 0 fully saturated rings. The van der Waals surface area contributed by atoms with Crippen LogP contribution in [0.3, 0.4) is 0 Å². The number of aromatic amines is 1. The molecule has 2 N–H and O–H groups in total. The first-order chi connectivity index (χ1) is 9.45. The smallest absolute Gasteiger partial charge is 0.227 e. The minimum absolute atomic E-state index is 0.0485. The van der Waals surface area contributed by atoms with E-state index in [0.717, 1.165) is 0 Å². The van der Waals surface area contributed by atoms with Crippen LogP contribution in [0.5, 0.6) is 0 Å². The lowest BCUT2D eigenvalue weighted by Gasteiger charge is -2.23. The molecule has 0 unspecified atom stereocenters. The third-order valence-corrected chi connectivity index (χ3v) is 3.36. The molecule has 2 aromatic rings. The van der Waals surface area contributed by atoms with Gasteiger partial charge in [0.1, 0.15) is 5.69 Å². The fourth-order valence-electron chi connectivity index (χ4n) is 1.96. The van der Waals surface area contributed by atoms with Crippen molar-refractivity contribution in [3.05, 3.63) is 29.2 Å². The maximum absolute atomic E-state index is 11.9. The molecule has 0 aliphatic rings. The average Bonchev–Trinajstić information content (AvgIpc) is 2.79. The number of aromatic nitrogens is 4. The summed E-state index contributed by atoms with van der Waals surface area (Å²) in [5.74, 6) is 0.583. The third-order valence-electron chi connectivity index (χ3n) is 3.05. The van der Waals surface area contributed by atoms with Gasteiger partial charge in [-0.3, -0.25) is 19.4 Å². The van der Waals surface area contributed by atoms with E-state index in [1.807, 2.05) is 32.0 Å². The van der Waals surface area contributed by atoms with Gasteiger partial charge in [0.05, 0.1) is 5.41 Å². The highest BCUT2D eigenvalue weighted by Crippen LogP contribution is 2.22. The zero-order valence-electron chi connectivity index (χ0n) is 11.7. The van der Waals surface area contributed by atoms with Crippen LogP contribution < -0.4 is 5.32 Å². The first-order valence-corrected chi connectivity index (χ1v) is 6.65. The Morgan fingerprint density at radius 1 is 1.50 bits per heavy atom. The molecule has 0 radical (unpaired) electrons. The summed E-state index contributed by atoms with van der Waals surface area (Å²) in [6.45, 7) is 4.15. The third kappa shape index (κ3) is 2.77. The Balaban J connectivity index is 2.41. The molecule has 6 nitrogen and oxygen atoms in total. The van der Waals surface area contributed by atoms with Gasteiger partial charge in [-0.25, -0.2) is 0 Å². The van der Waals surface area contributed by atoms with Crippen molar-refractivity contribution in [1.29, 1.82) is 0 Å². The summed E-state index contributed by atoms with van der Waals surface area (Å²) >= 11 is 5.25. The Labute approximate surface area is 122 Å². The van der Waals surface area contributed by atoms with Crippen molar-refractivity contribution in [2.45, 2.75) is 20.4 Å². The molecule has 106 valence electrons. The van der Waals surface area contributed by atoms with Crippen LogP contribution in [-0.2, 0) is 11.3 Å². The first-order valence-electron chi connectivity index (χ1n) is 6.24. The summed E-state index contributed by atoms with van der Waals surface area (Å²) in [5, 5.41) is 9.63. The fourth-order valence-corrected chi connectivity index (χ4v) is 2.16. The molecule has 0 aromatic carbocycles. The van der Waals surface area contributed by atoms with Crippen molar-refractivity contribution in [1.82, 2.24) is 25.1 Å². The van der Waals surface area contributed by atoms with E-state index in [0.29, 0.717) is 22.8 Å². The number of nitrogens with one attached hydrogen (secondary N) is 2. The lowest BCUT2D eigenvalue weighted by molar-refractivity contribution is -0.129. The normalized spacial score (nSPS) is 11.3. The van der Waals surface area contributed by atoms with E-state index < -0.39 is 5.41 Å². The van der Waals surface area contributed by atoms with Crippen LogP contribution >= 0.6 is 12.2 Å². The molecule has 1 amide bonds. The molecule has 2 rings (SSSR count). The maximum Gasteiger partial charge on any atom is 0.227 e. The van der Waals surface area contributed by atoms with Crippen LogP contribution in [0, 0.1) is 10.2 Å². The van der Waals surface area contributed by atoms with Gasteiger partial charge in [0.25, 0.3) is 0 Å². The predicted octanol–water partition coefficient (Wildman–Crippen LogP) is 1.77. The molecule has 0 bridgehead atoms. The molecule has 20 heavy (non-hydrogen) atoms. The molecule has 7 heteroatoms. The number of carbonyl (C=O) groups is 1. The summed E-state index contributed by atoms with van der Waals surface area (Å²) in [5.41, 5.74) is 0.118. The van der Waals surface area contributed by atoms with Gasteiger partial charge in [-0.05, 0) is 38.2 Å². The topological polar surface area (TPSA) is 75.6 Å². The number of amides is 1. The second-order valence-electron chi connectivity index (χ2n) is 5.12. The highest BCUT2D eigenvalue weighted by Gasteiger charge is 2.29. The van der Waals surface area contributed by atoms with Crippen molar-refractivity contribution < 1.29 is 4.79 Å².